The Kier molecular flexibility index (Phi) is 3.26. The second kappa shape index (κ2) is 4.24. The van der Waals surface area contributed by atoms with Crippen LogP contribution in [0.15, 0.2) is 16.6 Å². The third-order valence-electron chi connectivity index (χ3n) is 1.61. The SMILES string of the molecule is Cc1cc(NCC#N)c(F)cc1Br. The summed E-state index contributed by atoms with van der Waals surface area (Å²) in [6, 6.07) is 4.94. The smallest absolute Gasteiger partial charge is 0.147 e. The van der Waals surface area contributed by atoms with Crippen molar-refractivity contribution in [3.8, 4) is 6.07 Å². The van der Waals surface area contributed by atoms with Gasteiger partial charge < -0.3 is 5.32 Å². The molecule has 0 spiro atoms. The molecule has 0 amide bonds. The molecule has 0 heterocycles. The number of nitrogens with zero attached hydrogens (tertiary/aromatic N) is 1. The number of hydrogen-bond acceptors (Lipinski definition) is 2. The van der Waals surface area contributed by atoms with Crippen molar-refractivity contribution >= 4 is 21.6 Å². The molecule has 0 aliphatic rings. The molecule has 13 heavy (non-hydrogen) atoms. The number of rotatable bonds is 2. The van der Waals surface area contributed by atoms with Gasteiger partial charge in [-0.05, 0) is 24.6 Å². The largest absolute Gasteiger partial charge is 0.370 e. The first-order valence-corrected chi connectivity index (χ1v) is 4.51. The lowest BCUT2D eigenvalue weighted by Crippen LogP contribution is -2.01. The van der Waals surface area contributed by atoms with Crippen molar-refractivity contribution in [3.63, 3.8) is 0 Å². The van der Waals surface area contributed by atoms with Crippen LogP contribution in [0.25, 0.3) is 0 Å². The first-order chi connectivity index (χ1) is 6.15. The van der Waals surface area contributed by atoms with E-state index in [0.29, 0.717) is 5.69 Å². The molecule has 0 aliphatic heterocycles. The zero-order valence-corrected chi connectivity index (χ0v) is 8.65. The van der Waals surface area contributed by atoms with Gasteiger partial charge in [0.2, 0.25) is 0 Å². The minimum atomic E-state index is -0.354. The molecule has 2 nitrogen and oxygen atoms in total. The summed E-state index contributed by atoms with van der Waals surface area (Å²) in [6.45, 7) is 1.97. The predicted molar refractivity (Wildman–Crippen MR) is 52.9 cm³/mol. The van der Waals surface area contributed by atoms with E-state index < -0.39 is 0 Å². The fourth-order valence-corrected chi connectivity index (χ4v) is 1.24. The summed E-state index contributed by atoms with van der Waals surface area (Å²) in [7, 11) is 0. The van der Waals surface area contributed by atoms with Crippen molar-refractivity contribution < 1.29 is 4.39 Å². The summed E-state index contributed by atoms with van der Waals surface area (Å²) in [5, 5.41) is 11.0. The molecular weight excluding hydrogens is 235 g/mol. The van der Waals surface area contributed by atoms with Gasteiger partial charge in [-0.15, -0.1) is 0 Å². The lowest BCUT2D eigenvalue weighted by Gasteiger charge is -2.06. The number of nitriles is 1. The van der Waals surface area contributed by atoms with E-state index in [9.17, 15) is 4.39 Å². The van der Waals surface area contributed by atoms with Crippen molar-refractivity contribution in [2.75, 3.05) is 11.9 Å². The molecule has 4 heteroatoms. The second-order valence-corrected chi connectivity index (χ2v) is 3.45. The Morgan fingerprint density at radius 3 is 2.92 bits per heavy atom. The van der Waals surface area contributed by atoms with E-state index in [1.807, 2.05) is 13.0 Å². The van der Waals surface area contributed by atoms with Crippen LogP contribution in [0, 0.1) is 24.1 Å². The zero-order chi connectivity index (χ0) is 9.84. The first kappa shape index (κ1) is 10.0. The van der Waals surface area contributed by atoms with E-state index in [4.69, 9.17) is 5.26 Å². The number of nitrogens with one attached hydrogen (secondary N) is 1. The number of aryl methyl sites for hydroxylation is 1. The molecule has 1 aromatic rings. The number of benzene rings is 1. The van der Waals surface area contributed by atoms with E-state index in [0.717, 1.165) is 10.0 Å². The van der Waals surface area contributed by atoms with Gasteiger partial charge in [0.05, 0.1) is 11.8 Å². The average molecular weight is 243 g/mol. The Morgan fingerprint density at radius 1 is 1.62 bits per heavy atom. The van der Waals surface area contributed by atoms with Gasteiger partial charge in [0.1, 0.15) is 12.4 Å². The van der Waals surface area contributed by atoms with Gasteiger partial charge in [0.15, 0.2) is 0 Å². The van der Waals surface area contributed by atoms with Crippen molar-refractivity contribution in [3.05, 3.63) is 28.0 Å². The average Bonchev–Trinajstić information content (AvgIpc) is 2.09. The highest BCUT2D eigenvalue weighted by Gasteiger charge is 2.04. The lowest BCUT2D eigenvalue weighted by atomic mass is 10.2. The molecule has 0 radical (unpaired) electrons. The molecular formula is C9H8BrFN2. The molecule has 1 N–H and O–H groups in total. The highest BCUT2D eigenvalue weighted by atomic mass is 79.9. The molecule has 0 aliphatic carbocycles. The summed E-state index contributed by atoms with van der Waals surface area (Å²) in [5.74, 6) is -0.354. The highest BCUT2D eigenvalue weighted by Crippen LogP contribution is 2.23. The summed E-state index contributed by atoms with van der Waals surface area (Å²) in [4.78, 5) is 0. The Morgan fingerprint density at radius 2 is 2.31 bits per heavy atom. The van der Waals surface area contributed by atoms with Gasteiger partial charge in [0.25, 0.3) is 0 Å². The van der Waals surface area contributed by atoms with Crippen LogP contribution in [-0.4, -0.2) is 6.54 Å². The van der Waals surface area contributed by atoms with Gasteiger partial charge in [-0.1, -0.05) is 15.9 Å². The maximum atomic E-state index is 13.2. The Hall–Kier alpha value is -1.08. The molecule has 1 rings (SSSR count). The van der Waals surface area contributed by atoms with Crippen LogP contribution >= 0.6 is 15.9 Å². The van der Waals surface area contributed by atoms with Crippen molar-refractivity contribution in [1.29, 1.82) is 5.26 Å². The Bertz CT molecular complexity index is 357. The molecule has 1 aromatic carbocycles. The van der Waals surface area contributed by atoms with E-state index in [1.54, 1.807) is 6.07 Å². The second-order valence-electron chi connectivity index (χ2n) is 2.59. The highest BCUT2D eigenvalue weighted by molar-refractivity contribution is 9.10. The van der Waals surface area contributed by atoms with Crippen LogP contribution in [0.5, 0.6) is 0 Å². The van der Waals surface area contributed by atoms with Gasteiger partial charge >= 0.3 is 0 Å². The molecule has 0 saturated heterocycles. The maximum absolute atomic E-state index is 13.2. The van der Waals surface area contributed by atoms with E-state index in [1.165, 1.54) is 6.07 Å². The van der Waals surface area contributed by atoms with Crippen molar-refractivity contribution in [2.24, 2.45) is 0 Å². The van der Waals surface area contributed by atoms with Crippen molar-refractivity contribution in [2.45, 2.75) is 6.92 Å². The predicted octanol–water partition coefficient (Wildman–Crippen LogP) is 2.83. The molecule has 0 aromatic heterocycles. The standard InChI is InChI=1S/C9H8BrFN2/c1-6-4-9(13-3-2-12)8(11)5-7(6)10/h4-5,13H,3H2,1H3. The number of hydrogen-bond donors (Lipinski definition) is 1. The molecule has 0 bridgehead atoms. The quantitative estimate of drug-likeness (QED) is 0.810. The van der Waals surface area contributed by atoms with Crippen LogP contribution in [0.3, 0.4) is 0 Å². The summed E-state index contributed by atoms with van der Waals surface area (Å²) >= 11 is 3.22. The topological polar surface area (TPSA) is 35.8 Å². The summed E-state index contributed by atoms with van der Waals surface area (Å²) < 4.78 is 13.9. The molecule has 0 unspecified atom stereocenters. The summed E-state index contributed by atoms with van der Waals surface area (Å²) in [5.41, 5.74) is 1.30. The number of halogens is 2. The van der Waals surface area contributed by atoms with Crippen molar-refractivity contribution in [1.82, 2.24) is 0 Å². The fourth-order valence-electron chi connectivity index (χ4n) is 0.927. The van der Waals surface area contributed by atoms with E-state index in [-0.39, 0.29) is 12.4 Å². The van der Waals surface area contributed by atoms with Crippen LogP contribution in [0.1, 0.15) is 5.56 Å². The van der Waals surface area contributed by atoms with Crippen LogP contribution in [-0.2, 0) is 0 Å². The van der Waals surface area contributed by atoms with Crippen LogP contribution in [0.4, 0.5) is 10.1 Å². The first-order valence-electron chi connectivity index (χ1n) is 3.71. The third-order valence-corrected chi connectivity index (χ3v) is 2.46. The zero-order valence-electron chi connectivity index (χ0n) is 7.06. The van der Waals surface area contributed by atoms with E-state index >= 15 is 0 Å². The molecule has 0 saturated carbocycles. The minimum absolute atomic E-state index is 0.109. The molecule has 0 atom stereocenters. The maximum Gasteiger partial charge on any atom is 0.147 e. The van der Waals surface area contributed by atoms with Gasteiger partial charge in [0, 0.05) is 4.47 Å². The summed E-state index contributed by atoms with van der Waals surface area (Å²) in [6.07, 6.45) is 0. The monoisotopic (exact) mass is 242 g/mol. The van der Waals surface area contributed by atoms with Gasteiger partial charge in [-0.2, -0.15) is 5.26 Å². The normalized spacial score (nSPS) is 9.38. The van der Waals surface area contributed by atoms with Gasteiger partial charge in [-0.3, -0.25) is 0 Å². The van der Waals surface area contributed by atoms with Crippen LogP contribution < -0.4 is 5.32 Å². The number of anilines is 1. The minimum Gasteiger partial charge on any atom is -0.370 e. The Labute approximate surface area is 84.5 Å². The third kappa shape index (κ3) is 2.43. The van der Waals surface area contributed by atoms with Crippen LogP contribution in [0.2, 0.25) is 0 Å². The molecule has 68 valence electrons. The lowest BCUT2D eigenvalue weighted by molar-refractivity contribution is 0.629. The molecule has 0 fully saturated rings. The van der Waals surface area contributed by atoms with E-state index in [2.05, 4.69) is 21.2 Å². The fraction of sp³-hybridized carbons (Fsp3) is 0.222. The van der Waals surface area contributed by atoms with Gasteiger partial charge in [-0.25, -0.2) is 4.39 Å². The Balaban J connectivity index is 2.96.